The van der Waals surface area contributed by atoms with Gasteiger partial charge in [0.05, 0.1) is 17.8 Å². The van der Waals surface area contributed by atoms with Gasteiger partial charge in [-0.25, -0.2) is 15.0 Å². The van der Waals surface area contributed by atoms with Crippen molar-refractivity contribution in [3.8, 4) is 17.0 Å². The second-order valence-corrected chi connectivity index (χ2v) is 7.42. The van der Waals surface area contributed by atoms with E-state index in [2.05, 4.69) is 25.4 Å². The van der Waals surface area contributed by atoms with Gasteiger partial charge in [0.1, 0.15) is 12.3 Å². The number of aromatic nitrogens is 4. The molecule has 0 aliphatic carbocycles. The van der Waals surface area contributed by atoms with Gasteiger partial charge in [0.2, 0.25) is 11.8 Å². The van der Waals surface area contributed by atoms with Crippen molar-refractivity contribution in [1.82, 2.24) is 24.7 Å². The topological polar surface area (TPSA) is 103 Å². The molecule has 1 aliphatic rings. The van der Waals surface area contributed by atoms with E-state index in [4.69, 9.17) is 9.57 Å². The Morgan fingerprint density at radius 1 is 1.18 bits per heavy atom. The van der Waals surface area contributed by atoms with Gasteiger partial charge in [-0.1, -0.05) is 5.16 Å². The van der Waals surface area contributed by atoms with Crippen LogP contribution in [0, 0.1) is 5.95 Å². The van der Waals surface area contributed by atoms with Crippen LogP contribution in [0.15, 0.2) is 72.5 Å². The first kappa shape index (κ1) is 20.6. The number of hydrogen-bond donors (Lipinski definition) is 1. The number of ether oxygens (including phenoxy) is 1. The molecule has 0 saturated carbocycles. The number of nitrogens with one attached hydrogen (secondary N) is 1. The van der Waals surface area contributed by atoms with Gasteiger partial charge in [-0.3, -0.25) is 4.79 Å². The summed E-state index contributed by atoms with van der Waals surface area (Å²) in [5.74, 6) is -0.367. The lowest BCUT2D eigenvalue weighted by molar-refractivity contribution is 0.0459. The van der Waals surface area contributed by atoms with Gasteiger partial charge in [0, 0.05) is 48.5 Å². The summed E-state index contributed by atoms with van der Waals surface area (Å²) in [6.45, 7) is 0.490. The Kier molecular flexibility index (Phi) is 5.62. The molecular weight excluding hydrogens is 427 g/mol. The highest BCUT2D eigenvalue weighted by molar-refractivity contribution is 5.98. The lowest BCUT2D eigenvalue weighted by Crippen LogP contribution is -2.30. The highest BCUT2D eigenvalue weighted by Gasteiger charge is 2.23. The summed E-state index contributed by atoms with van der Waals surface area (Å²) in [6.07, 6.45) is 8.44. The number of nitrogens with zero attached hydrogens (tertiary/aromatic N) is 5. The molecule has 4 aromatic heterocycles. The molecule has 1 aliphatic heterocycles. The third-order valence-electron chi connectivity index (χ3n) is 5.11. The number of carbonyl (C=O) groups excluding carboxylic acids is 1. The van der Waals surface area contributed by atoms with E-state index in [1.54, 1.807) is 53.5 Å². The molecule has 9 nitrogen and oxygen atoms in total. The minimum atomic E-state index is -0.552. The quantitative estimate of drug-likeness (QED) is 0.438. The van der Waals surface area contributed by atoms with E-state index < -0.39 is 5.95 Å². The van der Waals surface area contributed by atoms with Gasteiger partial charge in [-0.05, 0) is 36.4 Å². The van der Waals surface area contributed by atoms with Gasteiger partial charge in [0.25, 0.3) is 5.91 Å². The largest absolute Gasteiger partial charge is 0.473 e. The fraction of sp³-hybridized carbons (Fsp3) is 0.174. The zero-order valence-corrected chi connectivity index (χ0v) is 17.4. The molecule has 1 atom stereocenters. The first-order valence-corrected chi connectivity index (χ1v) is 10.3. The number of rotatable bonds is 7. The Morgan fingerprint density at radius 3 is 3.00 bits per heavy atom. The predicted octanol–water partition coefficient (Wildman–Crippen LogP) is 2.88. The molecule has 0 bridgehead atoms. The van der Waals surface area contributed by atoms with Crippen molar-refractivity contribution in [3.05, 3.63) is 78.9 Å². The third kappa shape index (κ3) is 4.64. The Balaban J connectivity index is 1.14. The van der Waals surface area contributed by atoms with Gasteiger partial charge >= 0.3 is 0 Å². The minimum absolute atomic E-state index is 0.209. The van der Waals surface area contributed by atoms with Crippen molar-refractivity contribution in [2.24, 2.45) is 5.16 Å². The van der Waals surface area contributed by atoms with Gasteiger partial charge in [0.15, 0.2) is 6.10 Å². The van der Waals surface area contributed by atoms with E-state index in [1.807, 2.05) is 6.07 Å². The molecule has 166 valence electrons. The van der Waals surface area contributed by atoms with Gasteiger partial charge < -0.3 is 19.3 Å². The van der Waals surface area contributed by atoms with Crippen LogP contribution in [0.2, 0.25) is 0 Å². The molecule has 4 aromatic rings. The average molecular weight is 446 g/mol. The van der Waals surface area contributed by atoms with Crippen LogP contribution in [0.1, 0.15) is 16.8 Å². The van der Waals surface area contributed by atoms with Crippen LogP contribution in [-0.2, 0) is 4.84 Å². The monoisotopic (exact) mass is 446 g/mol. The maximum Gasteiger partial charge on any atom is 0.253 e. The van der Waals surface area contributed by atoms with Crippen molar-refractivity contribution in [2.45, 2.75) is 12.5 Å². The Labute approximate surface area is 187 Å². The van der Waals surface area contributed by atoms with Gasteiger partial charge in [-0.15, -0.1) is 0 Å². The first-order chi connectivity index (χ1) is 16.2. The van der Waals surface area contributed by atoms with Crippen molar-refractivity contribution in [3.63, 3.8) is 0 Å². The molecule has 0 saturated heterocycles. The van der Waals surface area contributed by atoms with Crippen molar-refractivity contribution < 1.29 is 18.8 Å². The average Bonchev–Trinajstić information content (AvgIpc) is 3.51. The number of halogens is 1. The highest BCUT2D eigenvalue weighted by atomic mass is 19.1. The molecule has 1 unspecified atom stereocenters. The van der Waals surface area contributed by atoms with E-state index >= 15 is 0 Å². The maximum absolute atomic E-state index is 13.1. The fourth-order valence-corrected chi connectivity index (χ4v) is 3.45. The summed E-state index contributed by atoms with van der Waals surface area (Å²) in [4.78, 5) is 30.0. The number of oxime groups is 1. The van der Waals surface area contributed by atoms with Crippen LogP contribution in [0.4, 0.5) is 4.39 Å². The number of carbonyl (C=O) groups is 1. The lowest BCUT2D eigenvalue weighted by atomic mass is 10.1. The molecule has 10 heteroatoms. The van der Waals surface area contributed by atoms with Crippen LogP contribution >= 0.6 is 0 Å². The van der Waals surface area contributed by atoms with E-state index in [9.17, 15) is 9.18 Å². The van der Waals surface area contributed by atoms with Crippen LogP contribution in [0.3, 0.4) is 0 Å². The third-order valence-corrected chi connectivity index (χ3v) is 5.11. The van der Waals surface area contributed by atoms with Crippen molar-refractivity contribution >= 4 is 17.3 Å². The number of amides is 1. The first-order valence-electron chi connectivity index (χ1n) is 10.3. The minimum Gasteiger partial charge on any atom is -0.473 e. The summed E-state index contributed by atoms with van der Waals surface area (Å²) in [5.41, 5.74) is 3.41. The highest BCUT2D eigenvalue weighted by Crippen LogP contribution is 2.27. The van der Waals surface area contributed by atoms with Crippen LogP contribution in [0.5, 0.6) is 5.88 Å². The molecule has 1 N–H and O–H groups in total. The summed E-state index contributed by atoms with van der Waals surface area (Å²) >= 11 is 0. The molecule has 1 amide bonds. The number of hydrogen-bond acceptors (Lipinski definition) is 7. The summed E-state index contributed by atoms with van der Waals surface area (Å²) in [7, 11) is 0. The maximum atomic E-state index is 13.1. The van der Waals surface area contributed by atoms with Crippen molar-refractivity contribution in [1.29, 1.82) is 0 Å². The van der Waals surface area contributed by atoms with Crippen LogP contribution in [-0.4, -0.2) is 50.2 Å². The summed E-state index contributed by atoms with van der Waals surface area (Å²) in [6, 6.07) is 10.0. The fourth-order valence-electron chi connectivity index (χ4n) is 3.45. The van der Waals surface area contributed by atoms with Crippen LogP contribution in [0.25, 0.3) is 16.8 Å². The predicted molar refractivity (Wildman–Crippen MR) is 117 cm³/mol. The number of fused-ring (bicyclic) bond motifs is 1. The standard InChI is InChI=1S/C23H19FN6O3/c24-20-5-3-15(11-27-20)19-2-1-7-26-23(19)32-14-18-10-17(29-33-18)12-28-22(31)16-4-6-21-25-8-9-30(21)13-16/h1-9,11,13,18H,10,12,14H2,(H,28,31). The Hall–Kier alpha value is -4.34. The lowest BCUT2D eigenvalue weighted by Gasteiger charge is -2.13. The zero-order valence-electron chi connectivity index (χ0n) is 17.4. The van der Waals surface area contributed by atoms with E-state index in [1.165, 1.54) is 12.3 Å². The second-order valence-electron chi connectivity index (χ2n) is 7.42. The molecule has 5 rings (SSSR count). The number of pyridine rings is 3. The molecule has 0 aromatic carbocycles. The SMILES string of the molecule is O=C(NCC1=NOC(COc2ncccc2-c2ccc(F)nc2)C1)c1ccc2nccn2c1. The van der Waals surface area contributed by atoms with Crippen LogP contribution < -0.4 is 10.1 Å². The molecule has 0 spiro atoms. The summed E-state index contributed by atoms with van der Waals surface area (Å²) < 4.78 is 20.8. The molecule has 5 heterocycles. The van der Waals surface area contributed by atoms with E-state index in [0.29, 0.717) is 34.7 Å². The smallest absolute Gasteiger partial charge is 0.253 e. The van der Waals surface area contributed by atoms with E-state index in [0.717, 1.165) is 5.65 Å². The van der Waals surface area contributed by atoms with Gasteiger partial charge in [-0.2, -0.15) is 4.39 Å². The molecule has 33 heavy (non-hydrogen) atoms. The molecule has 0 fully saturated rings. The Morgan fingerprint density at radius 2 is 2.12 bits per heavy atom. The zero-order chi connectivity index (χ0) is 22.6. The van der Waals surface area contributed by atoms with Crippen molar-refractivity contribution in [2.75, 3.05) is 13.2 Å². The molecule has 0 radical (unpaired) electrons. The summed E-state index contributed by atoms with van der Waals surface area (Å²) in [5, 5.41) is 6.91. The van der Waals surface area contributed by atoms with E-state index in [-0.39, 0.29) is 25.2 Å². The Bertz CT molecular complexity index is 1320. The second kappa shape index (κ2) is 9.03. The normalized spacial score (nSPS) is 15.2. The molecular formula is C23H19FN6O3. The number of imidazole rings is 1.